The summed E-state index contributed by atoms with van der Waals surface area (Å²) < 4.78 is 10.7. The first-order valence-corrected chi connectivity index (χ1v) is 6.72. The van der Waals surface area contributed by atoms with Crippen LogP contribution in [0.2, 0.25) is 0 Å². The van der Waals surface area contributed by atoms with Gasteiger partial charge in [0.1, 0.15) is 11.8 Å². The van der Waals surface area contributed by atoms with Gasteiger partial charge in [-0.3, -0.25) is 4.79 Å². The van der Waals surface area contributed by atoms with Crippen LogP contribution < -0.4 is 10.1 Å². The molecule has 1 rings (SSSR count). The maximum Gasteiger partial charge on any atom is 0.320 e. The number of carbonyl (C=O) groups is 1. The van der Waals surface area contributed by atoms with E-state index in [0.29, 0.717) is 19.6 Å². The predicted octanol–water partition coefficient (Wildman–Crippen LogP) is 2.05. The minimum Gasteiger partial charge on any atom is -0.494 e. The van der Waals surface area contributed by atoms with E-state index in [0.717, 1.165) is 11.3 Å². The number of benzene rings is 1. The topological polar surface area (TPSA) is 67.8 Å². The Morgan fingerprint density at radius 3 is 2.75 bits per heavy atom. The van der Waals surface area contributed by atoms with Crippen LogP contribution in [0.25, 0.3) is 0 Å². The molecule has 2 N–H and O–H groups in total. The van der Waals surface area contributed by atoms with E-state index in [2.05, 4.69) is 5.32 Å². The van der Waals surface area contributed by atoms with Crippen molar-refractivity contribution in [1.82, 2.24) is 5.32 Å². The van der Waals surface area contributed by atoms with E-state index in [-0.39, 0.29) is 6.04 Å². The van der Waals surface area contributed by atoms with Gasteiger partial charge in [0, 0.05) is 19.6 Å². The monoisotopic (exact) mass is 281 g/mol. The van der Waals surface area contributed by atoms with E-state index in [1.54, 1.807) is 7.11 Å². The lowest BCUT2D eigenvalue weighted by Crippen LogP contribution is -2.41. The first-order chi connectivity index (χ1) is 9.52. The summed E-state index contributed by atoms with van der Waals surface area (Å²) in [7, 11) is 1.64. The van der Waals surface area contributed by atoms with Crippen LogP contribution in [-0.4, -0.2) is 36.9 Å². The molecule has 5 heteroatoms. The highest BCUT2D eigenvalue weighted by Crippen LogP contribution is 2.14. The Bertz CT molecular complexity index is 420. The van der Waals surface area contributed by atoms with Crippen molar-refractivity contribution in [2.75, 3.05) is 13.7 Å². The second-order valence-corrected chi connectivity index (χ2v) is 4.93. The first kappa shape index (κ1) is 16.5. The minimum absolute atomic E-state index is 0.126. The highest BCUT2D eigenvalue weighted by molar-refractivity contribution is 5.73. The Morgan fingerprint density at radius 2 is 2.15 bits per heavy atom. The zero-order valence-electron chi connectivity index (χ0n) is 12.3. The molecule has 0 heterocycles. The molecule has 0 saturated carbocycles. The van der Waals surface area contributed by atoms with E-state index in [1.165, 1.54) is 0 Å². The summed E-state index contributed by atoms with van der Waals surface area (Å²) in [6.07, 6.45) is 0.419. The Balaban J connectivity index is 2.45. The number of carboxylic acid groups (broad SMARTS) is 1. The van der Waals surface area contributed by atoms with Crippen LogP contribution in [0.3, 0.4) is 0 Å². The standard InChI is InChI=1S/C15H23NO4/c1-11(2)16-14(15(17)18)7-8-20-13-6-4-5-12(9-13)10-19-3/h4-6,9,11,14,16H,7-8,10H2,1-3H3,(H,17,18). The normalized spacial score (nSPS) is 12.4. The number of hydrogen-bond acceptors (Lipinski definition) is 4. The second-order valence-electron chi connectivity index (χ2n) is 4.93. The molecule has 5 nitrogen and oxygen atoms in total. The lowest BCUT2D eigenvalue weighted by molar-refractivity contribution is -0.140. The van der Waals surface area contributed by atoms with Gasteiger partial charge in [0.15, 0.2) is 0 Å². The molecule has 0 amide bonds. The summed E-state index contributed by atoms with van der Waals surface area (Å²) in [6, 6.07) is 7.14. The van der Waals surface area contributed by atoms with Gasteiger partial charge in [0.2, 0.25) is 0 Å². The van der Waals surface area contributed by atoms with Crippen LogP contribution in [-0.2, 0) is 16.1 Å². The molecule has 1 unspecified atom stereocenters. The van der Waals surface area contributed by atoms with Gasteiger partial charge in [-0.1, -0.05) is 26.0 Å². The smallest absolute Gasteiger partial charge is 0.320 e. The largest absolute Gasteiger partial charge is 0.494 e. The van der Waals surface area contributed by atoms with Gasteiger partial charge in [0.25, 0.3) is 0 Å². The van der Waals surface area contributed by atoms with Crippen molar-refractivity contribution < 1.29 is 19.4 Å². The maximum absolute atomic E-state index is 11.1. The molecule has 0 aliphatic carbocycles. The third-order valence-electron chi connectivity index (χ3n) is 2.72. The molecule has 0 aromatic heterocycles. The van der Waals surface area contributed by atoms with Crippen LogP contribution >= 0.6 is 0 Å². The number of hydrogen-bond donors (Lipinski definition) is 2. The molecule has 1 aromatic rings. The summed E-state index contributed by atoms with van der Waals surface area (Å²) in [5, 5.41) is 12.1. The van der Waals surface area contributed by atoms with Crippen molar-refractivity contribution in [2.24, 2.45) is 0 Å². The second kappa shape index (κ2) is 8.55. The van der Waals surface area contributed by atoms with Crippen molar-refractivity contribution in [3.63, 3.8) is 0 Å². The van der Waals surface area contributed by atoms with Crippen molar-refractivity contribution in [3.8, 4) is 5.75 Å². The van der Waals surface area contributed by atoms with Gasteiger partial charge >= 0.3 is 5.97 Å². The minimum atomic E-state index is -0.851. The maximum atomic E-state index is 11.1. The van der Waals surface area contributed by atoms with E-state index < -0.39 is 12.0 Å². The highest BCUT2D eigenvalue weighted by Gasteiger charge is 2.17. The zero-order chi connectivity index (χ0) is 15.0. The third kappa shape index (κ3) is 6.04. The fraction of sp³-hybridized carbons (Fsp3) is 0.533. The first-order valence-electron chi connectivity index (χ1n) is 6.72. The Labute approximate surface area is 119 Å². The van der Waals surface area contributed by atoms with Gasteiger partial charge in [0.05, 0.1) is 13.2 Å². The Morgan fingerprint density at radius 1 is 1.40 bits per heavy atom. The molecular formula is C15H23NO4. The zero-order valence-corrected chi connectivity index (χ0v) is 12.3. The van der Waals surface area contributed by atoms with Gasteiger partial charge in [-0.2, -0.15) is 0 Å². The summed E-state index contributed by atoms with van der Waals surface area (Å²) in [6.45, 7) is 4.73. The number of methoxy groups -OCH3 is 1. The van der Waals surface area contributed by atoms with Crippen molar-refractivity contribution in [1.29, 1.82) is 0 Å². The molecule has 0 fully saturated rings. The van der Waals surface area contributed by atoms with E-state index in [4.69, 9.17) is 14.6 Å². The van der Waals surface area contributed by atoms with E-state index in [1.807, 2.05) is 38.1 Å². The van der Waals surface area contributed by atoms with Crippen LogP contribution in [0.1, 0.15) is 25.8 Å². The lowest BCUT2D eigenvalue weighted by Gasteiger charge is -2.17. The van der Waals surface area contributed by atoms with Gasteiger partial charge in [-0.15, -0.1) is 0 Å². The predicted molar refractivity (Wildman–Crippen MR) is 77.0 cm³/mol. The van der Waals surface area contributed by atoms with Crippen LogP contribution in [0.5, 0.6) is 5.75 Å². The summed E-state index contributed by atoms with van der Waals surface area (Å²) in [4.78, 5) is 11.1. The molecule has 112 valence electrons. The van der Waals surface area contributed by atoms with Crippen LogP contribution in [0, 0.1) is 0 Å². The molecular weight excluding hydrogens is 258 g/mol. The number of nitrogens with one attached hydrogen (secondary N) is 1. The fourth-order valence-corrected chi connectivity index (χ4v) is 1.87. The quantitative estimate of drug-likeness (QED) is 0.725. The number of ether oxygens (including phenoxy) is 2. The SMILES string of the molecule is COCc1cccc(OCCC(NC(C)C)C(=O)O)c1. The molecule has 0 spiro atoms. The van der Waals surface area contributed by atoms with Gasteiger partial charge in [-0.05, 0) is 17.7 Å². The van der Waals surface area contributed by atoms with Crippen molar-refractivity contribution in [3.05, 3.63) is 29.8 Å². The summed E-state index contributed by atoms with van der Waals surface area (Å²) in [5.41, 5.74) is 1.03. The van der Waals surface area contributed by atoms with Crippen LogP contribution in [0.15, 0.2) is 24.3 Å². The number of aliphatic carboxylic acids is 1. The molecule has 0 aliphatic rings. The van der Waals surface area contributed by atoms with Crippen molar-refractivity contribution >= 4 is 5.97 Å². The third-order valence-corrected chi connectivity index (χ3v) is 2.72. The Hall–Kier alpha value is -1.59. The van der Waals surface area contributed by atoms with E-state index >= 15 is 0 Å². The summed E-state index contributed by atoms with van der Waals surface area (Å²) >= 11 is 0. The molecule has 1 atom stereocenters. The molecule has 20 heavy (non-hydrogen) atoms. The lowest BCUT2D eigenvalue weighted by atomic mass is 10.2. The molecule has 1 aromatic carbocycles. The number of carboxylic acids is 1. The highest BCUT2D eigenvalue weighted by atomic mass is 16.5. The average Bonchev–Trinajstić information content (AvgIpc) is 2.38. The van der Waals surface area contributed by atoms with Gasteiger partial charge in [-0.25, -0.2) is 0 Å². The molecule has 0 saturated heterocycles. The Kier molecular flexibility index (Phi) is 7.04. The average molecular weight is 281 g/mol. The molecule has 0 bridgehead atoms. The van der Waals surface area contributed by atoms with Gasteiger partial charge < -0.3 is 19.9 Å². The fourth-order valence-electron chi connectivity index (χ4n) is 1.87. The van der Waals surface area contributed by atoms with E-state index in [9.17, 15) is 4.79 Å². The molecule has 0 radical (unpaired) electrons. The van der Waals surface area contributed by atoms with Crippen molar-refractivity contribution in [2.45, 2.75) is 39.0 Å². The number of rotatable bonds is 9. The van der Waals surface area contributed by atoms with Crippen LogP contribution in [0.4, 0.5) is 0 Å². The summed E-state index contributed by atoms with van der Waals surface area (Å²) in [5.74, 6) is -0.122. The molecule has 0 aliphatic heterocycles.